The second-order valence-electron chi connectivity index (χ2n) is 5.06. The number of aryl methyl sites for hydroxylation is 1. The van der Waals surface area contributed by atoms with E-state index in [1.165, 1.54) is 7.11 Å². The Kier molecular flexibility index (Phi) is 5.29. The molecular weight excluding hydrogens is 298 g/mol. The largest absolute Gasteiger partial charge is 0.469 e. The number of urea groups is 1. The van der Waals surface area contributed by atoms with Crippen LogP contribution in [0.4, 0.5) is 10.5 Å². The summed E-state index contributed by atoms with van der Waals surface area (Å²) in [5.74, 6) is -0.792. The van der Waals surface area contributed by atoms with Crippen LogP contribution in [0.25, 0.3) is 11.3 Å². The highest BCUT2D eigenvalue weighted by Gasteiger charge is 2.15. The summed E-state index contributed by atoms with van der Waals surface area (Å²) in [6.45, 7) is 1.86. The van der Waals surface area contributed by atoms with Crippen molar-refractivity contribution in [2.75, 3.05) is 19.0 Å². The lowest BCUT2D eigenvalue weighted by atomic mass is 10.2. The number of aromatic nitrogens is 3. The Labute approximate surface area is 133 Å². The average Bonchev–Trinajstić information content (AvgIpc) is 2.98. The monoisotopic (exact) mass is 317 g/mol. The van der Waals surface area contributed by atoms with Gasteiger partial charge in [0.1, 0.15) is 0 Å². The van der Waals surface area contributed by atoms with Crippen LogP contribution >= 0.6 is 0 Å². The SMILES string of the molecule is COC(=O)[C@@H](C)CNC(=O)Nc1cccnc1-c1cnn(C)c1. The first-order valence-corrected chi connectivity index (χ1v) is 7.08. The highest BCUT2D eigenvalue weighted by Crippen LogP contribution is 2.24. The van der Waals surface area contributed by atoms with E-state index in [0.717, 1.165) is 5.56 Å². The van der Waals surface area contributed by atoms with Gasteiger partial charge < -0.3 is 15.4 Å². The van der Waals surface area contributed by atoms with Crippen LogP contribution in [-0.2, 0) is 16.6 Å². The second-order valence-corrected chi connectivity index (χ2v) is 5.06. The van der Waals surface area contributed by atoms with Crippen LogP contribution in [0.3, 0.4) is 0 Å². The average molecular weight is 317 g/mol. The third-order valence-electron chi connectivity index (χ3n) is 3.21. The van der Waals surface area contributed by atoms with Gasteiger partial charge in [-0.3, -0.25) is 14.5 Å². The minimum absolute atomic E-state index is 0.182. The molecule has 0 aliphatic carbocycles. The third-order valence-corrected chi connectivity index (χ3v) is 3.21. The number of ether oxygens (including phenoxy) is 1. The summed E-state index contributed by atoms with van der Waals surface area (Å²) in [6.07, 6.45) is 5.13. The van der Waals surface area contributed by atoms with Crippen molar-refractivity contribution in [1.29, 1.82) is 0 Å². The summed E-state index contributed by atoms with van der Waals surface area (Å²) in [5, 5.41) is 9.46. The minimum Gasteiger partial charge on any atom is -0.469 e. The first-order valence-electron chi connectivity index (χ1n) is 7.08. The van der Waals surface area contributed by atoms with Gasteiger partial charge in [0.2, 0.25) is 0 Å². The van der Waals surface area contributed by atoms with Crippen molar-refractivity contribution in [3.63, 3.8) is 0 Å². The molecule has 8 heteroatoms. The Morgan fingerprint density at radius 2 is 2.22 bits per heavy atom. The van der Waals surface area contributed by atoms with Gasteiger partial charge in [0.15, 0.2) is 0 Å². The van der Waals surface area contributed by atoms with Crippen molar-refractivity contribution in [3.05, 3.63) is 30.7 Å². The van der Waals surface area contributed by atoms with Crippen molar-refractivity contribution in [2.45, 2.75) is 6.92 Å². The van der Waals surface area contributed by atoms with Crippen molar-refractivity contribution >= 4 is 17.7 Å². The van der Waals surface area contributed by atoms with Crippen LogP contribution in [-0.4, -0.2) is 40.4 Å². The summed E-state index contributed by atoms with van der Waals surface area (Å²) in [5.41, 5.74) is 1.98. The molecule has 1 atom stereocenters. The Morgan fingerprint density at radius 1 is 1.43 bits per heavy atom. The van der Waals surface area contributed by atoms with Gasteiger partial charge in [0, 0.05) is 31.5 Å². The number of nitrogens with zero attached hydrogens (tertiary/aromatic N) is 3. The quantitative estimate of drug-likeness (QED) is 0.813. The fourth-order valence-corrected chi connectivity index (χ4v) is 1.98. The molecule has 2 heterocycles. The number of carbonyl (C=O) groups is 2. The molecule has 0 spiro atoms. The van der Waals surface area contributed by atoms with E-state index < -0.39 is 11.9 Å². The topological polar surface area (TPSA) is 98.1 Å². The van der Waals surface area contributed by atoms with Crippen molar-refractivity contribution < 1.29 is 14.3 Å². The summed E-state index contributed by atoms with van der Waals surface area (Å²) >= 11 is 0. The maximum atomic E-state index is 12.0. The highest BCUT2D eigenvalue weighted by atomic mass is 16.5. The molecule has 122 valence electrons. The summed E-state index contributed by atoms with van der Waals surface area (Å²) < 4.78 is 6.27. The van der Waals surface area contributed by atoms with Gasteiger partial charge in [0.25, 0.3) is 0 Å². The highest BCUT2D eigenvalue weighted by molar-refractivity contribution is 5.93. The van der Waals surface area contributed by atoms with E-state index in [9.17, 15) is 9.59 Å². The Balaban J connectivity index is 2.03. The molecule has 0 unspecified atom stereocenters. The Bertz CT molecular complexity index is 698. The normalized spacial score (nSPS) is 11.6. The fourth-order valence-electron chi connectivity index (χ4n) is 1.98. The summed E-state index contributed by atoms with van der Waals surface area (Å²) in [4.78, 5) is 27.6. The molecule has 0 saturated heterocycles. The van der Waals surface area contributed by atoms with Gasteiger partial charge in [-0.2, -0.15) is 5.10 Å². The zero-order valence-corrected chi connectivity index (χ0v) is 13.2. The lowest BCUT2D eigenvalue weighted by molar-refractivity contribution is -0.144. The number of amides is 2. The van der Waals surface area contributed by atoms with Crippen molar-refractivity contribution in [1.82, 2.24) is 20.1 Å². The molecule has 2 aromatic rings. The van der Waals surface area contributed by atoms with Crippen LogP contribution in [0.5, 0.6) is 0 Å². The van der Waals surface area contributed by atoms with Gasteiger partial charge in [0.05, 0.1) is 30.6 Å². The second kappa shape index (κ2) is 7.39. The summed E-state index contributed by atoms with van der Waals surface area (Å²) in [7, 11) is 3.12. The molecular formula is C15H19N5O3. The van der Waals surface area contributed by atoms with Crippen LogP contribution in [0.15, 0.2) is 30.7 Å². The van der Waals surface area contributed by atoms with Gasteiger partial charge in [-0.25, -0.2) is 4.79 Å². The molecule has 23 heavy (non-hydrogen) atoms. The third kappa shape index (κ3) is 4.29. The van der Waals surface area contributed by atoms with Crippen molar-refractivity contribution in [2.24, 2.45) is 13.0 Å². The van der Waals surface area contributed by atoms with Gasteiger partial charge in [-0.05, 0) is 12.1 Å². The van der Waals surface area contributed by atoms with E-state index in [-0.39, 0.29) is 12.5 Å². The van der Waals surface area contributed by atoms with Crippen LogP contribution in [0, 0.1) is 5.92 Å². The van der Waals surface area contributed by atoms with E-state index in [2.05, 4.69) is 25.5 Å². The summed E-state index contributed by atoms with van der Waals surface area (Å²) in [6, 6.07) is 3.06. The Morgan fingerprint density at radius 3 is 2.87 bits per heavy atom. The molecule has 0 bridgehead atoms. The lowest BCUT2D eigenvalue weighted by Gasteiger charge is -2.12. The van der Waals surface area contributed by atoms with E-state index in [1.807, 2.05) is 6.20 Å². The molecule has 8 nitrogen and oxygen atoms in total. The van der Waals surface area contributed by atoms with Crippen LogP contribution in [0.1, 0.15) is 6.92 Å². The number of carbonyl (C=O) groups excluding carboxylic acids is 2. The number of rotatable bonds is 5. The lowest BCUT2D eigenvalue weighted by Crippen LogP contribution is -2.35. The van der Waals surface area contributed by atoms with Crippen LogP contribution < -0.4 is 10.6 Å². The number of anilines is 1. The predicted molar refractivity (Wildman–Crippen MR) is 84.6 cm³/mol. The van der Waals surface area contributed by atoms with E-state index in [1.54, 1.807) is 43.2 Å². The molecule has 0 aliphatic heterocycles. The molecule has 0 fully saturated rings. The Hall–Kier alpha value is -2.90. The maximum absolute atomic E-state index is 12.0. The molecule has 2 N–H and O–H groups in total. The molecule has 0 aliphatic rings. The molecule has 2 aromatic heterocycles. The van der Waals surface area contributed by atoms with Crippen LogP contribution in [0.2, 0.25) is 0 Å². The smallest absolute Gasteiger partial charge is 0.319 e. The molecule has 0 saturated carbocycles. The number of hydrogen-bond donors (Lipinski definition) is 2. The molecule has 2 rings (SSSR count). The van der Waals surface area contributed by atoms with E-state index in [0.29, 0.717) is 11.4 Å². The van der Waals surface area contributed by atoms with Gasteiger partial charge in [-0.1, -0.05) is 6.92 Å². The minimum atomic E-state index is -0.419. The fraction of sp³-hybridized carbons (Fsp3) is 0.333. The standard InChI is InChI=1S/C15H19N5O3/c1-10(14(21)23-3)7-17-15(22)19-12-5-4-6-16-13(12)11-8-18-20(2)9-11/h4-6,8-10H,7H2,1-3H3,(H2,17,19,22)/t10-/m0/s1. The van der Waals surface area contributed by atoms with E-state index >= 15 is 0 Å². The molecule has 0 aromatic carbocycles. The number of pyridine rings is 1. The molecule has 2 amide bonds. The first kappa shape index (κ1) is 16.5. The molecule has 0 radical (unpaired) electrons. The number of hydrogen-bond acceptors (Lipinski definition) is 5. The van der Waals surface area contributed by atoms with Gasteiger partial charge in [-0.15, -0.1) is 0 Å². The number of methoxy groups -OCH3 is 1. The van der Waals surface area contributed by atoms with Gasteiger partial charge >= 0.3 is 12.0 Å². The number of esters is 1. The zero-order chi connectivity index (χ0) is 16.8. The van der Waals surface area contributed by atoms with E-state index in [4.69, 9.17) is 0 Å². The predicted octanol–water partition coefficient (Wildman–Crippen LogP) is 1.41. The first-order chi connectivity index (χ1) is 11.0. The zero-order valence-electron chi connectivity index (χ0n) is 13.2. The van der Waals surface area contributed by atoms with Crippen molar-refractivity contribution in [3.8, 4) is 11.3 Å². The number of nitrogens with one attached hydrogen (secondary N) is 2. The maximum Gasteiger partial charge on any atom is 0.319 e.